The van der Waals surface area contributed by atoms with Crippen LogP contribution in [0.15, 0.2) is 88.8 Å². The number of rotatable bonds is 11. The zero-order valence-electron chi connectivity index (χ0n) is 23.1. The Kier molecular flexibility index (Phi) is 10.2. The number of carbonyl (C=O) groups is 2. The molecule has 0 bridgehead atoms. The Morgan fingerprint density at radius 3 is 2.10 bits per heavy atom. The molecule has 0 aliphatic carbocycles. The van der Waals surface area contributed by atoms with Gasteiger partial charge in [-0.05, 0) is 63.8 Å². The zero-order chi connectivity index (χ0) is 28.4. The third-order valence-corrected chi connectivity index (χ3v) is 6.06. The molecule has 0 aliphatic rings. The number of benzene rings is 2. The number of amides is 1. The van der Waals surface area contributed by atoms with Crippen LogP contribution >= 0.6 is 0 Å². The van der Waals surface area contributed by atoms with E-state index >= 15 is 0 Å². The van der Waals surface area contributed by atoms with Crippen molar-refractivity contribution < 1.29 is 14.3 Å². The van der Waals surface area contributed by atoms with E-state index in [0.29, 0.717) is 31.8 Å². The summed E-state index contributed by atoms with van der Waals surface area (Å²) in [6.07, 6.45) is 2.48. The van der Waals surface area contributed by atoms with Crippen molar-refractivity contribution in [2.75, 3.05) is 6.54 Å². The molecule has 206 valence electrons. The summed E-state index contributed by atoms with van der Waals surface area (Å²) in [5.41, 5.74) is 6.52. The van der Waals surface area contributed by atoms with Crippen LogP contribution in [0.2, 0.25) is 0 Å². The van der Waals surface area contributed by atoms with Crippen LogP contribution in [-0.4, -0.2) is 40.5 Å². The summed E-state index contributed by atoms with van der Waals surface area (Å²) in [5.74, 6) is -0.833. The number of nitrogens with one attached hydrogen (secondary N) is 1. The van der Waals surface area contributed by atoms with Gasteiger partial charge in [-0.25, -0.2) is 4.79 Å². The van der Waals surface area contributed by atoms with Gasteiger partial charge in [-0.15, -0.1) is 0 Å². The molecule has 1 aromatic heterocycles. The van der Waals surface area contributed by atoms with Crippen LogP contribution in [-0.2, 0) is 16.1 Å². The lowest BCUT2D eigenvalue weighted by atomic mass is 9.91. The second-order valence-corrected chi connectivity index (χ2v) is 10.5. The molecular formula is C31H38N4O4. The van der Waals surface area contributed by atoms with Crippen LogP contribution in [0.1, 0.15) is 67.9 Å². The lowest BCUT2D eigenvalue weighted by Crippen LogP contribution is -2.46. The average molecular weight is 531 g/mol. The first-order chi connectivity index (χ1) is 18.5. The largest absolute Gasteiger partial charge is 0.458 e. The predicted octanol–water partition coefficient (Wildman–Crippen LogP) is 4.28. The van der Waals surface area contributed by atoms with Crippen LogP contribution in [0.25, 0.3) is 0 Å². The van der Waals surface area contributed by atoms with Gasteiger partial charge < -0.3 is 20.4 Å². The zero-order valence-corrected chi connectivity index (χ0v) is 23.1. The highest BCUT2D eigenvalue weighted by Gasteiger charge is 2.28. The topological polar surface area (TPSA) is 116 Å². The summed E-state index contributed by atoms with van der Waals surface area (Å²) in [7, 11) is 0. The highest BCUT2D eigenvalue weighted by Crippen LogP contribution is 2.26. The monoisotopic (exact) mass is 530 g/mol. The van der Waals surface area contributed by atoms with Gasteiger partial charge in [0.15, 0.2) is 0 Å². The maximum Gasteiger partial charge on any atom is 0.329 e. The molecule has 0 saturated carbocycles. The van der Waals surface area contributed by atoms with Gasteiger partial charge in [0, 0.05) is 25.2 Å². The molecule has 2 aromatic carbocycles. The lowest BCUT2D eigenvalue weighted by molar-refractivity contribution is -0.157. The summed E-state index contributed by atoms with van der Waals surface area (Å²) < 4.78 is 7.06. The Labute approximate surface area is 229 Å². The Balaban J connectivity index is 1.85. The van der Waals surface area contributed by atoms with E-state index in [9.17, 15) is 14.4 Å². The minimum Gasteiger partial charge on any atom is -0.458 e. The Bertz CT molecular complexity index is 1280. The number of esters is 1. The number of amidine groups is 1. The van der Waals surface area contributed by atoms with Crippen molar-refractivity contribution in [2.24, 2.45) is 10.7 Å². The smallest absolute Gasteiger partial charge is 0.329 e. The van der Waals surface area contributed by atoms with E-state index in [0.717, 1.165) is 11.1 Å². The molecule has 3 rings (SSSR count). The molecular weight excluding hydrogens is 492 g/mol. The maximum absolute atomic E-state index is 13.5. The SMILES string of the molecule is CC(N)=NCCC[C@H](NC(=O)c1cccn(CC(c2ccccc2)c2ccccc2)c1=O)C(=O)OC(C)(C)C. The number of hydrogen-bond donors (Lipinski definition) is 2. The van der Waals surface area contributed by atoms with Gasteiger partial charge in [-0.3, -0.25) is 14.6 Å². The van der Waals surface area contributed by atoms with Crippen LogP contribution in [0, 0.1) is 0 Å². The molecule has 0 fully saturated rings. The minimum atomic E-state index is -0.931. The summed E-state index contributed by atoms with van der Waals surface area (Å²) >= 11 is 0. The van der Waals surface area contributed by atoms with Gasteiger partial charge in [0.05, 0.1) is 5.84 Å². The fourth-order valence-corrected chi connectivity index (χ4v) is 4.23. The minimum absolute atomic E-state index is 0.0400. The molecule has 0 unspecified atom stereocenters. The lowest BCUT2D eigenvalue weighted by Gasteiger charge is -2.24. The number of carbonyl (C=O) groups excluding carboxylic acids is 2. The van der Waals surface area contributed by atoms with Gasteiger partial charge >= 0.3 is 5.97 Å². The second kappa shape index (κ2) is 13.6. The number of aliphatic imine (C=N–C) groups is 1. The Morgan fingerprint density at radius 2 is 1.56 bits per heavy atom. The highest BCUT2D eigenvalue weighted by atomic mass is 16.6. The molecule has 0 saturated heterocycles. The van der Waals surface area contributed by atoms with E-state index < -0.39 is 29.1 Å². The van der Waals surface area contributed by atoms with Crippen molar-refractivity contribution in [3.8, 4) is 0 Å². The molecule has 0 aliphatic heterocycles. The van der Waals surface area contributed by atoms with Crippen molar-refractivity contribution in [2.45, 2.75) is 64.6 Å². The van der Waals surface area contributed by atoms with E-state index in [1.165, 1.54) is 6.07 Å². The fourth-order valence-electron chi connectivity index (χ4n) is 4.23. The van der Waals surface area contributed by atoms with E-state index in [4.69, 9.17) is 10.5 Å². The number of ether oxygens (including phenoxy) is 1. The molecule has 1 heterocycles. The molecule has 8 nitrogen and oxygen atoms in total. The van der Waals surface area contributed by atoms with Crippen molar-refractivity contribution in [3.63, 3.8) is 0 Å². The summed E-state index contributed by atoms with van der Waals surface area (Å²) in [5, 5.41) is 2.72. The van der Waals surface area contributed by atoms with E-state index in [1.807, 2.05) is 60.7 Å². The van der Waals surface area contributed by atoms with E-state index in [-0.39, 0.29) is 11.5 Å². The first-order valence-electron chi connectivity index (χ1n) is 13.1. The normalized spacial score (nSPS) is 12.7. The van der Waals surface area contributed by atoms with Crippen LogP contribution in [0.4, 0.5) is 0 Å². The van der Waals surface area contributed by atoms with Crippen molar-refractivity contribution in [1.82, 2.24) is 9.88 Å². The Morgan fingerprint density at radius 1 is 0.974 bits per heavy atom. The number of nitrogens with zero attached hydrogens (tertiary/aromatic N) is 2. The van der Waals surface area contributed by atoms with Gasteiger partial charge in [-0.1, -0.05) is 60.7 Å². The molecule has 0 radical (unpaired) electrons. The summed E-state index contributed by atoms with van der Waals surface area (Å²) in [6.45, 7) is 7.73. The molecule has 1 amide bonds. The third kappa shape index (κ3) is 8.95. The van der Waals surface area contributed by atoms with Gasteiger partial charge in [0.2, 0.25) is 0 Å². The number of pyridine rings is 1. The summed E-state index contributed by atoms with van der Waals surface area (Å²) in [4.78, 5) is 43.8. The van der Waals surface area contributed by atoms with Crippen molar-refractivity contribution in [1.29, 1.82) is 0 Å². The quantitative estimate of drug-likeness (QED) is 0.166. The third-order valence-electron chi connectivity index (χ3n) is 6.06. The van der Waals surface area contributed by atoms with Crippen LogP contribution in [0.3, 0.4) is 0 Å². The molecule has 3 N–H and O–H groups in total. The standard InChI is InChI=1S/C31H38N4O4/c1-22(32)33-19-11-18-27(30(38)39-31(2,3)4)34-28(36)25-17-12-20-35(29(25)37)21-26(23-13-7-5-8-14-23)24-15-9-6-10-16-24/h5-10,12-17,20,26-27H,11,18-19,21H2,1-4H3,(H2,32,33)(H,34,36)/t27-/m0/s1. The second-order valence-electron chi connectivity index (χ2n) is 10.5. The molecule has 1 atom stereocenters. The Hall–Kier alpha value is -4.20. The molecule has 0 spiro atoms. The van der Waals surface area contributed by atoms with Crippen molar-refractivity contribution in [3.05, 3.63) is 106 Å². The van der Waals surface area contributed by atoms with Gasteiger partial charge in [0.25, 0.3) is 11.5 Å². The predicted molar refractivity (Wildman–Crippen MR) is 154 cm³/mol. The number of hydrogen-bond acceptors (Lipinski definition) is 5. The summed E-state index contributed by atoms with van der Waals surface area (Å²) in [6, 6.07) is 22.1. The van der Waals surface area contributed by atoms with Gasteiger partial charge in [-0.2, -0.15) is 0 Å². The molecule has 8 heteroatoms. The van der Waals surface area contributed by atoms with Crippen LogP contribution in [0.5, 0.6) is 0 Å². The van der Waals surface area contributed by atoms with Crippen molar-refractivity contribution >= 4 is 17.7 Å². The number of aromatic nitrogens is 1. The maximum atomic E-state index is 13.5. The van der Waals surface area contributed by atoms with Crippen LogP contribution < -0.4 is 16.6 Å². The first kappa shape index (κ1) is 29.4. The fraction of sp³-hybridized carbons (Fsp3) is 0.355. The van der Waals surface area contributed by atoms with Gasteiger partial charge in [0.1, 0.15) is 17.2 Å². The average Bonchev–Trinajstić information content (AvgIpc) is 2.89. The van der Waals surface area contributed by atoms with E-state index in [2.05, 4.69) is 10.3 Å². The number of nitrogens with two attached hydrogens (primary N) is 1. The van der Waals surface area contributed by atoms with E-state index in [1.54, 1.807) is 44.5 Å². The first-order valence-corrected chi connectivity index (χ1v) is 13.1. The highest BCUT2D eigenvalue weighted by molar-refractivity contribution is 5.96. The molecule has 3 aromatic rings. The molecule has 39 heavy (non-hydrogen) atoms.